The minimum absolute atomic E-state index is 0.0241. The number of aromatic amines is 1. The normalized spacial score (nSPS) is 11.5. The summed E-state index contributed by atoms with van der Waals surface area (Å²) in [7, 11) is 5.15. The number of ether oxygens (including phenoxy) is 1. The Hall–Kier alpha value is -2.70. The number of hydrogen-bond donors (Lipinski definition) is 3. The number of aromatic nitrogens is 1. The highest BCUT2D eigenvalue weighted by molar-refractivity contribution is 5.89. The van der Waals surface area contributed by atoms with Crippen LogP contribution in [0.3, 0.4) is 0 Å². The number of likely N-dealkylation sites (N-methyl/N-ethyl adjacent to an activating group) is 1. The van der Waals surface area contributed by atoms with Crippen molar-refractivity contribution in [3.05, 3.63) is 30.0 Å². The van der Waals surface area contributed by atoms with Crippen molar-refractivity contribution < 1.29 is 9.53 Å². The predicted octanol–water partition coefficient (Wildman–Crippen LogP) is 1.75. The van der Waals surface area contributed by atoms with Crippen molar-refractivity contribution in [3.8, 4) is 5.75 Å². The number of carbonyl (C=O) groups excluding carboxylic acids is 1. The molecule has 0 unspecified atom stereocenters. The first-order valence-corrected chi connectivity index (χ1v) is 8.92. The molecule has 0 saturated carbocycles. The molecule has 142 valence electrons. The van der Waals surface area contributed by atoms with E-state index in [1.165, 1.54) is 5.56 Å². The fourth-order valence-electron chi connectivity index (χ4n) is 2.61. The molecule has 2 aromatic rings. The van der Waals surface area contributed by atoms with Gasteiger partial charge < -0.3 is 25.3 Å². The van der Waals surface area contributed by atoms with Gasteiger partial charge in [0.25, 0.3) is 0 Å². The number of carbonyl (C=O) groups is 1. The lowest BCUT2D eigenvalue weighted by Gasteiger charge is -2.13. The number of nitrogens with zero attached hydrogens (tertiary/aromatic N) is 2. The Labute approximate surface area is 154 Å². The standard InChI is InChI=1S/C19H29N5O2/c1-5-10-20-19(23-13-17(25)24(2)3)21-11-9-14-12-22-15-7-6-8-16(26-4)18(14)15/h6-8,12,22H,5,9-11,13H2,1-4H3,(H2,20,21,23). The minimum atomic E-state index is -0.0241. The van der Waals surface area contributed by atoms with E-state index in [9.17, 15) is 4.79 Å². The molecule has 2 rings (SSSR count). The number of rotatable bonds is 8. The topological polar surface area (TPSA) is 81.8 Å². The summed E-state index contributed by atoms with van der Waals surface area (Å²) in [6.45, 7) is 3.74. The molecule has 7 heteroatoms. The third-order valence-electron chi connectivity index (χ3n) is 4.07. The Morgan fingerprint density at radius 3 is 2.73 bits per heavy atom. The van der Waals surface area contributed by atoms with E-state index in [1.807, 2.05) is 24.4 Å². The fraction of sp³-hybridized carbons (Fsp3) is 0.474. The Bertz CT molecular complexity index is 751. The van der Waals surface area contributed by atoms with E-state index in [2.05, 4.69) is 27.5 Å². The lowest BCUT2D eigenvalue weighted by Crippen LogP contribution is -2.39. The molecule has 0 radical (unpaired) electrons. The maximum Gasteiger partial charge on any atom is 0.243 e. The molecule has 3 N–H and O–H groups in total. The Kier molecular flexibility index (Phi) is 7.32. The smallest absolute Gasteiger partial charge is 0.243 e. The Morgan fingerprint density at radius 2 is 2.04 bits per heavy atom. The van der Waals surface area contributed by atoms with Crippen LogP contribution in [0.2, 0.25) is 0 Å². The molecular formula is C19H29N5O2. The molecule has 0 saturated heterocycles. The van der Waals surface area contributed by atoms with Gasteiger partial charge in [-0.25, -0.2) is 4.99 Å². The summed E-state index contributed by atoms with van der Waals surface area (Å²) in [6.07, 6.45) is 3.82. The van der Waals surface area contributed by atoms with Crippen molar-refractivity contribution in [2.45, 2.75) is 19.8 Å². The molecular weight excluding hydrogens is 330 g/mol. The van der Waals surface area contributed by atoms with Crippen LogP contribution in [0, 0.1) is 0 Å². The van der Waals surface area contributed by atoms with Crippen molar-refractivity contribution in [2.75, 3.05) is 40.8 Å². The van der Waals surface area contributed by atoms with Gasteiger partial charge in [-0.3, -0.25) is 4.79 Å². The number of nitrogens with one attached hydrogen (secondary N) is 3. The molecule has 0 fully saturated rings. The van der Waals surface area contributed by atoms with Crippen LogP contribution in [-0.4, -0.2) is 62.6 Å². The van der Waals surface area contributed by atoms with E-state index in [1.54, 1.807) is 26.1 Å². The van der Waals surface area contributed by atoms with Crippen molar-refractivity contribution in [1.29, 1.82) is 0 Å². The largest absolute Gasteiger partial charge is 0.496 e. The minimum Gasteiger partial charge on any atom is -0.496 e. The second-order valence-corrected chi connectivity index (χ2v) is 6.25. The van der Waals surface area contributed by atoms with Crippen molar-refractivity contribution >= 4 is 22.8 Å². The SMILES string of the molecule is CCCNC(=NCC(=O)N(C)C)NCCc1c[nH]c2cccc(OC)c12. The molecule has 1 amide bonds. The number of hydrogen-bond acceptors (Lipinski definition) is 3. The van der Waals surface area contributed by atoms with Crippen LogP contribution >= 0.6 is 0 Å². The van der Waals surface area contributed by atoms with E-state index in [0.29, 0.717) is 12.5 Å². The molecule has 0 spiro atoms. The second-order valence-electron chi connectivity index (χ2n) is 6.25. The zero-order valence-corrected chi connectivity index (χ0v) is 16.1. The lowest BCUT2D eigenvalue weighted by molar-refractivity contribution is -0.127. The molecule has 1 heterocycles. The van der Waals surface area contributed by atoms with E-state index < -0.39 is 0 Å². The summed E-state index contributed by atoms with van der Waals surface area (Å²) >= 11 is 0. The van der Waals surface area contributed by atoms with Crippen LogP contribution in [0.4, 0.5) is 0 Å². The summed E-state index contributed by atoms with van der Waals surface area (Å²) in [4.78, 5) is 20.9. The monoisotopic (exact) mass is 359 g/mol. The fourth-order valence-corrected chi connectivity index (χ4v) is 2.61. The summed E-state index contributed by atoms with van der Waals surface area (Å²) in [5.41, 5.74) is 2.25. The van der Waals surface area contributed by atoms with E-state index in [-0.39, 0.29) is 12.5 Å². The Balaban J connectivity index is 2.00. The first-order valence-electron chi connectivity index (χ1n) is 8.92. The highest BCUT2D eigenvalue weighted by atomic mass is 16.5. The number of amides is 1. The Morgan fingerprint density at radius 1 is 1.27 bits per heavy atom. The summed E-state index contributed by atoms with van der Waals surface area (Å²) in [5, 5.41) is 7.65. The van der Waals surface area contributed by atoms with Gasteiger partial charge in [0.1, 0.15) is 12.3 Å². The number of methoxy groups -OCH3 is 1. The molecule has 0 aliphatic heterocycles. The van der Waals surface area contributed by atoms with Crippen molar-refractivity contribution in [2.24, 2.45) is 4.99 Å². The lowest BCUT2D eigenvalue weighted by atomic mass is 10.1. The van der Waals surface area contributed by atoms with E-state index in [0.717, 1.165) is 36.0 Å². The highest BCUT2D eigenvalue weighted by Gasteiger charge is 2.09. The maximum atomic E-state index is 11.7. The summed E-state index contributed by atoms with van der Waals surface area (Å²) in [6, 6.07) is 5.98. The van der Waals surface area contributed by atoms with Gasteiger partial charge in [-0.2, -0.15) is 0 Å². The molecule has 1 aromatic carbocycles. The first-order chi connectivity index (χ1) is 12.6. The van der Waals surface area contributed by atoms with Crippen molar-refractivity contribution in [3.63, 3.8) is 0 Å². The van der Waals surface area contributed by atoms with Gasteiger partial charge >= 0.3 is 0 Å². The van der Waals surface area contributed by atoms with Gasteiger partial charge in [0, 0.05) is 44.3 Å². The van der Waals surface area contributed by atoms with Gasteiger partial charge in [0.2, 0.25) is 5.91 Å². The number of fused-ring (bicyclic) bond motifs is 1. The van der Waals surface area contributed by atoms with Gasteiger partial charge in [0.05, 0.1) is 7.11 Å². The molecule has 0 aliphatic rings. The van der Waals surface area contributed by atoms with Crippen molar-refractivity contribution in [1.82, 2.24) is 20.5 Å². The molecule has 0 atom stereocenters. The molecule has 0 aliphatic carbocycles. The first kappa shape index (κ1) is 19.6. The second kappa shape index (κ2) is 9.70. The third-order valence-corrected chi connectivity index (χ3v) is 4.07. The number of H-pyrrole nitrogens is 1. The molecule has 1 aromatic heterocycles. The van der Waals surface area contributed by atoms with Crippen LogP contribution in [-0.2, 0) is 11.2 Å². The summed E-state index contributed by atoms with van der Waals surface area (Å²) in [5.74, 6) is 1.51. The zero-order chi connectivity index (χ0) is 18.9. The van der Waals surface area contributed by atoms with Crippen LogP contribution in [0.1, 0.15) is 18.9 Å². The average Bonchev–Trinajstić information content (AvgIpc) is 3.06. The molecule has 7 nitrogen and oxygen atoms in total. The predicted molar refractivity (Wildman–Crippen MR) is 106 cm³/mol. The molecule has 0 bridgehead atoms. The van der Waals surface area contributed by atoms with Gasteiger partial charge in [-0.15, -0.1) is 0 Å². The average molecular weight is 359 g/mol. The quantitative estimate of drug-likeness (QED) is 0.495. The van der Waals surface area contributed by atoms with E-state index in [4.69, 9.17) is 4.74 Å². The van der Waals surface area contributed by atoms with Gasteiger partial charge in [0.15, 0.2) is 5.96 Å². The van der Waals surface area contributed by atoms with E-state index >= 15 is 0 Å². The van der Waals surface area contributed by atoms with Gasteiger partial charge in [-0.05, 0) is 30.5 Å². The number of guanidine groups is 1. The number of benzene rings is 1. The van der Waals surface area contributed by atoms with Crippen LogP contribution in [0.15, 0.2) is 29.4 Å². The highest BCUT2D eigenvalue weighted by Crippen LogP contribution is 2.28. The summed E-state index contributed by atoms with van der Waals surface area (Å²) < 4.78 is 5.48. The molecule has 26 heavy (non-hydrogen) atoms. The van der Waals surface area contributed by atoms with Crippen LogP contribution in [0.5, 0.6) is 5.75 Å². The zero-order valence-electron chi connectivity index (χ0n) is 16.1. The van der Waals surface area contributed by atoms with Gasteiger partial charge in [-0.1, -0.05) is 13.0 Å². The third kappa shape index (κ3) is 5.15. The number of aliphatic imine (C=N–C) groups is 1. The van der Waals surface area contributed by atoms with Crippen LogP contribution < -0.4 is 15.4 Å². The van der Waals surface area contributed by atoms with Crippen LogP contribution in [0.25, 0.3) is 10.9 Å². The maximum absolute atomic E-state index is 11.7.